The van der Waals surface area contributed by atoms with E-state index in [0.29, 0.717) is 24.8 Å². The zero-order valence-electron chi connectivity index (χ0n) is 16.8. The summed E-state index contributed by atoms with van der Waals surface area (Å²) in [4.78, 5) is 2.21. The van der Waals surface area contributed by atoms with Gasteiger partial charge in [0.15, 0.2) is 0 Å². The van der Waals surface area contributed by atoms with Gasteiger partial charge in [0, 0.05) is 19.1 Å². The van der Waals surface area contributed by atoms with Gasteiger partial charge in [-0.3, -0.25) is 20.3 Å². The maximum Gasteiger partial charge on any atom is 0.137 e. The summed E-state index contributed by atoms with van der Waals surface area (Å²) in [6.45, 7) is 4.97. The van der Waals surface area contributed by atoms with Crippen molar-refractivity contribution >= 4 is 5.84 Å². The van der Waals surface area contributed by atoms with Crippen molar-refractivity contribution in [3.63, 3.8) is 0 Å². The topological polar surface area (TPSA) is 100 Å². The highest BCUT2D eigenvalue weighted by Gasteiger charge is 2.27. The summed E-state index contributed by atoms with van der Waals surface area (Å²) in [6.07, 6.45) is 3.42. The SMILES string of the molecule is CC(C(=N)n1cc(OC2CCC(N)c3ccccc32)ccc1=N)N1CCOCC1. The molecule has 1 aliphatic heterocycles. The highest BCUT2D eigenvalue weighted by Crippen LogP contribution is 2.37. The van der Waals surface area contributed by atoms with Crippen molar-refractivity contribution < 1.29 is 9.47 Å². The predicted octanol–water partition coefficient (Wildman–Crippen LogP) is 2.43. The Kier molecular flexibility index (Phi) is 5.80. The van der Waals surface area contributed by atoms with Gasteiger partial charge in [-0.05, 0) is 43.0 Å². The van der Waals surface area contributed by atoms with Crippen molar-refractivity contribution in [3.8, 4) is 5.75 Å². The summed E-state index contributed by atoms with van der Waals surface area (Å²) < 4.78 is 13.3. The fraction of sp³-hybridized carbons (Fsp3) is 0.455. The Labute approximate surface area is 171 Å². The second kappa shape index (κ2) is 8.49. The largest absolute Gasteiger partial charge is 0.484 e. The molecule has 4 rings (SSSR count). The van der Waals surface area contributed by atoms with Crippen molar-refractivity contribution in [3.05, 3.63) is 59.2 Å². The van der Waals surface area contributed by atoms with Gasteiger partial charge in [-0.15, -0.1) is 0 Å². The van der Waals surface area contributed by atoms with Crippen LogP contribution in [0.15, 0.2) is 42.6 Å². The molecule has 0 bridgehead atoms. The van der Waals surface area contributed by atoms with Gasteiger partial charge in [-0.1, -0.05) is 24.3 Å². The molecule has 2 heterocycles. The molecule has 1 saturated heterocycles. The van der Waals surface area contributed by atoms with E-state index in [1.807, 2.05) is 25.1 Å². The number of hydrogen-bond acceptors (Lipinski definition) is 6. The Bertz CT molecular complexity index is 935. The molecule has 2 aromatic rings. The Hall–Kier alpha value is -2.48. The van der Waals surface area contributed by atoms with E-state index in [4.69, 9.17) is 26.0 Å². The minimum Gasteiger partial charge on any atom is -0.484 e. The first-order valence-corrected chi connectivity index (χ1v) is 10.2. The maximum atomic E-state index is 8.66. The van der Waals surface area contributed by atoms with Crippen molar-refractivity contribution in [2.45, 2.75) is 38.0 Å². The normalized spacial score (nSPS) is 23.2. The summed E-state index contributed by atoms with van der Waals surface area (Å²) >= 11 is 0. The summed E-state index contributed by atoms with van der Waals surface area (Å²) in [5, 5.41) is 16.9. The number of hydrogen-bond donors (Lipinski definition) is 3. The molecule has 29 heavy (non-hydrogen) atoms. The van der Waals surface area contributed by atoms with Crippen LogP contribution in [-0.4, -0.2) is 47.6 Å². The van der Waals surface area contributed by atoms with Gasteiger partial charge < -0.3 is 15.2 Å². The van der Waals surface area contributed by atoms with E-state index < -0.39 is 0 Å². The molecule has 7 heteroatoms. The van der Waals surface area contributed by atoms with Gasteiger partial charge in [-0.25, -0.2) is 0 Å². The molecule has 1 aromatic heterocycles. The van der Waals surface area contributed by atoms with Crippen LogP contribution in [0.1, 0.15) is 43.0 Å². The smallest absolute Gasteiger partial charge is 0.137 e. The molecule has 1 aliphatic carbocycles. The molecule has 3 atom stereocenters. The number of benzene rings is 1. The van der Waals surface area contributed by atoms with Crippen LogP contribution in [0.25, 0.3) is 0 Å². The predicted molar refractivity (Wildman–Crippen MR) is 111 cm³/mol. The minimum atomic E-state index is -0.100. The lowest BCUT2D eigenvalue weighted by molar-refractivity contribution is 0.0311. The Morgan fingerprint density at radius 3 is 2.62 bits per heavy atom. The average Bonchev–Trinajstić information content (AvgIpc) is 2.77. The van der Waals surface area contributed by atoms with Crippen LogP contribution in [-0.2, 0) is 4.74 Å². The summed E-state index contributed by atoms with van der Waals surface area (Å²) in [6, 6.07) is 11.6. The third kappa shape index (κ3) is 4.12. The fourth-order valence-electron chi connectivity index (χ4n) is 4.16. The molecular weight excluding hydrogens is 366 g/mol. The lowest BCUT2D eigenvalue weighted by Gasteiger charge is -2.33. The van der Waals surface area contributed by atoms with E-state index >= 15 is 0 Å². The number of nitrogens with one attached hydrogen (secondary N) is 2. The van der Waals surface area contributed by atoms with E-state index in [0.717, 1.165) is 37.1 Å². The Morgan fingerprint density at radius 2 is 1.86 bits per heavy atom. The van der Waals surface area contributed by atoms with Gasteiger partial charge in [0.1, 0.15) is 23.2 Å². The number of aromatic nitrogens is 1. The highest BCUT2D eigenvalue weighted by atomic mass is 16.5. The zero-order valence-corrected chi connectivity index (χ0v) is 16.8. The number of morpholine rings is 1. The van der Waals surface area contributed by atoms with Gasteiger partial charge in [0.2, 0.25) is 0 Å². The number of nitrogens with zero attached hydrogens (tertiary/aromatic N) is 2. The lowest BCUT2D eigenvalue weighted by atomic mass is 9.86. The van der Waals surface area contributed by atoms with Crippen molar-refractivity contribution in [2.24, 2.45) is 5.73 Å². The average molecular weight is 396 g/mol. The number of nitrogens with two attached hydrogens (primary N) is 1. The van der Waals surface area contributed by atoms with Gasteiger partial charge in [-0.2, -0.15) is 0 Å². The molecule has 2 aliphatic rings. The van der Waals surface area contributed by atoms with Crippen LogP contribution >= 0.6 is 0 Å². The second-order valence-electron chi connectivity index (χ2n) is 7.75. The monoisotopic (exact) mass is 395 g/mol. The Balaban J connectivity index is 1.55. The maximum absolute atomic E-state index is 8.66. The number of rotatable bonds is 4. The van der Waals surface area contributed by atoms with Crippen LogP contribution in [0.2, 0.25) is 0 Å². The van der Waals surface area contributed by atoms with Crippen LogP contribution in [0.3, 0.4) is 0 Å². The van der Waals surface area contributed by atoms with Gasteiger partial charge in [0.05, 0.1) is 25.5 Å². The van der Waals surface area contributed by atoms with Gasteiger partial charge in [0.25, 0.3) is 0 Å². The standard InChI is InChI=1S/C22H29N5O2/c1-15(26-10-12-28-13-11-26)22(25)27-14-16(6-9-21(27)24)29-20-8-7-19(23)17-4-2-3-5-18(17)20/h2-6,9,14-15,19-20,24-25H,7-8,10-13,23H2,1H3. The van der Waals surface area contributed by atoms with Gasteiger partial charge >= 0.3 is 0 Å². The van der Waals surface area contributed by atoms with Crippen LogP contribution in [0.5, 0.6) is 5.75 Å². The van der Waals surface area contributed by atoms with Crippen LogP contribution < -0.4 is 16.0 Å². The second-order valence-corrected chi connectivity index (χ2v) is 7.75. The molecule has 3 unspecified atom stereocenters. The van der Waals surface area contributed by atoms with E-state index in [1.54, 1.807) is 16.8 Å². The van der Waals surface area contributed by atoms with E-state index in [9.17, 15) is 0 Å². The van der Waals surface area contributed by atoms with Crippen molar-refractivity contribution in [1.29, 1.82) is 10.8 Å². The third-order valence-electron chi connectivity index (χ3n) is 5.93. The molecule has 0 spiro atoms. The van der Waals surface area contributed by atoms with Crippen molar-refractivity contribution in [1.82, 2.24) is 9.47 Å². The lowest BCUT2D eigenvalue weighted by Crippen LogP contribution is -2.48. The number of ether oxygens (including phenoxy) is 2. The molecule has 7 nitrogen and oxygen atoms in total. The Morgan fingerprint density at radius 1 is 1.14 bits per heavy atom. The highest BCUT2D eigenvalue weighted by molar-refractivity contribution is 5.86. The molecule has 0 saturated carbocycles. The molecular formula is C22H29N5O2. The molecule has 4 N–H and O–H groups in total. The zero-order chi connectivity index (χ0) is 20.4. The minimum absolute atomic E-state index is 0.0501. The number of fused-ring (bicyclic) bond motifs is 1. The van der Waals surface area contributed by atoms with Crippen molar-refractivity contribution in [2.75, 3.05) is 26.3 Å². The first-order valence-electron chi connectivity index (χ1n) is 10.2. The first-order chi connectivity index (χ1) is 14.0. The summed E-state index contributed by atoms with van der Waals surface area (Å²) in [7, 11) is 0. The van der Waals surface area contributed by atoms with E-state index in [1.165, 1.54) is 0 Å². The molecule has 1 fully saturated rings. The third-order valence-corrected chi connectivity index (χ3v) is 5.93. The quantitative estimate of drug-likeness (QED) is 0.547. The molecule has 0 amide bonds. The molecule has 154 valence electrons. The van der Waals surface area contributed by atoms with E-state index in [2.05, 4.69) is 17.0 Å². The van der Waals surface area contributed by atoms with Crippen LogP contribution in [0, 0.1) is 10.8 Å². The summed E-state index contributed by atoms with van der Waals surface area (Å²) in [5.74, 6) is 1.03. The number of pyridine rings is 1. The molecule has 0 radical (unpaired) electrons. The van der Waals surface area contributed by atoms with Crippen LogP contribution in [0.4, 0.5) is 0 Å². The first kappa shape index (κ1) is 19.8. The molecule has 1 aromatic carbocycles. The summed E-state index contributed by atoms with van der Waals surface area (Å²) in [5.41, 5.74) is 8.81. The fourth-order valence-corrected chi connectivity index (χ4v) is 4.16. The van der Waals surface area contributed by atoms with E-state index in [-0.39, 0.29) is 23.7 Å².